The maximum Gasteiger partial charge on any atom is 0.405 e. The molecule has 0 amide bonds. The van der Waals surface area contributed by atoms with Gasteiger partial charge in [-0.3, -0.25) is 28.0 Å². The Balaban J connectivity index is 1.33. The summed E-state index contributed by atoms with van der Waals surface area (Å²) in [5, 5.41) is 23.9. The number of fused-ring (bicyclic) bond motifs is 1. The lowest BCUT2D eigenvalue weighted by molar-refractivity contribution is -0.0633. The van der Waals surface area contributed by atoms with Gasteiger partial charge in [0.2, 0.25) is 5.95 Å². The molecule has 8 atom stereocenters. The summed E-state index contributed by atoms with van der Waals surface area (Å²) >= 11 is 0. The van der Waals surface area contributed by atoms with Crippen molar-refractivity contribution >= 4 is 30.7 Å². The first-order valence-corrected chi connectivity index (χ1v) is 16.0. The molecule has 5 rings (SSSR count). The predicted octanol–water partition coefficient (Wildman–Crippen LogP) is -1.85. The highest BCUT2D eigenvalue weighted by molar-refractivity contribution is 7.51. The highest BCUT2D eigenvalue weighted by atomic mass is 31.2. The van der Waals surface area contributed by atoms with Crippen LogP contribution in [-0.2, 0) is 27.8 Å². The number of hydrogen-bond donors (Lipinski definition) is 6. The van der Waals surface area contributed by atoms with Gasteiger partial charge in [-0.05, 0) is 33.1 Å². The number of imidazole rings is 1. The van der Waals surface area contributed by atoms with Gasteiger partial charge in [0.1, 0.15) is 42.6 Å². The summed E-state index contributed by atoms with van der Waals surface area (Å²) in [6.07, 6.45) is -3.77. The molecule has 0 radical (unpaired) electrons. The smallest absolute Gasteiger partial charge is 0.394 e. The molecule has 254 valence electrons. The van der Waals surface area contributed by atoms with Gasteiger partial charge in [0, 0.05) is 26.3 Å². The fourth-order valence-electron chi connectivity index (χ4n) is 5.33. The highest BCUT2D eigenvalue weighted by Gasteiger charge is 2.48. The number of nitrogens with one attached hydrogen (secondary N) is 2. The molecule has 2 aliphatic rings. The molecule has 2 aliphatic heterocycles. The standard InChI is InChI=1S/C25H39N10O10P/c1-33(2)7-4-6-29-46(40,42-11-15-19(37)20(41-3)23(44-15)34-8-5-16(26)30-25(34)39)45-13-9-17(43-14(13)10-36)35-12-28-18-21(35)31-24(27)32-22(18)38/h5,8,12-15,17,19-20,23,36-37H,4,6-7,9-11H2,1-3H3,(H,29,40)(H2,26,30,39)(H3,27,31,32,38)/t13-,14+,15+,17+,19+,20+,23+,46?/m0/s1. The normalized spacial score (nSPS) is 27.9. The van der Waals surface area contributed by atoms with Crippen LogP contribution >= 0.6 is 7.75 Å². The van der Waals surface area contributed by atoms with Gasteiger partial charge in [0.15, 0.2) is 17.4 Å². The molecule has 0 spiro atoms. The summed E-state index contributed by atoms with van der Waals surface area (Å²) in [7, 11) is 0.974. The van der Waals surface area contributed by atoms with Gasteiger partial charge >= 0.3 is 13.4 Å². The zero-order valence-electron chi connectivity index (χ0n) is 25.5. The number of aromatic nitrogens is 6. The van der Waals surface area contributed by atoms with E-state index in [1.165, 1.54) is 30.3 Å². The third kappa shape index (κ3) is 7.31. The minimum Gasteiger partial charge on any atom is -0.394 e. The van der Waals surface area contributed by atoms with Crippen LogP contribution in [0.2, 0.25) is 0 Å². The van der Waals surface area contributed by atoms with Crippen LogP contribution in [0.4, 0.5) is 11.8 Å². The number of ether oxygens (including phenoxy) is 3. The van der Waals surface area contributed by atoms with E-state index in [0.717, 1.165) is 4.57 Å². The van der Waals surface area contributed by atoms with Crippen LogP contribution in [0.3, 0.4) is 0 Å². The average Bonchev–Trinajstić information content (AvgIpc) is 3.69. The summed E-state index contributed by atoms with van der Waals surface area (Å²) < 4.78 is 45.9. The number of aromatic amines is 1. The third-order valence-electron chi connectivity index (χ3n) is 7.60. The largest absolute Gasteiger partial charge is 0.405 e. The van der Waals surface area contributed by atoms with E-state index in [1.54, 1.807) is 0 Å². The molecule has 2 fully saturated rings. The van der Waals surface area contributed by atoms with Gasteiger partial charge in [-0.25, -0.2) is 19.4 Å². The van der Waals surface area contributed by atoms with Crippen LogP contribution in [-0.4, -0.2) is 122 Å². The minimum atomic E-state index is -4.17. The second kappa shape index (κ2) is 14.2. The number of rotatable bonds is 14. The van der Waals surface area contributed by atoms with Crippen molar-refractivity contribution in [2.45, 2.75) is 55.8 Å². The zero-order valence-corrected chi connectivity index (χ0v) is 26.4. The van der Waals surface area contributed by atoms with Crippen LogP contribution in [0.5, 0.6) is 0 Å². The molecule has 2 saturated heterocycles. The quantitative estimate of drug-likeness (QED) is 0.0811. The maximum absolute atomic E-state index is 14.2. The highest BCUT2D eigenvalue weighted by Crippen LogP contribution is 2.49. The lowest BCUT2D eigenvalue weighted by atomic mass is 10.1. The summed E-state index contributed by atoms with van der Waals surface area (Å²) in [4.78, 5) is 41.0. The zero-order chi connectivity index (χ0) is 33.2. The molecule has 8 N–H and O–H groups in total. The van der Waals surface area contributed by atoms with E-state index in [2.05, 4.69) is 25.0 Å². The predicted molar refractivity (Wildman–Crippen MR) is 161 cm³/mol. The first-order valence-electron chi connectivity index (χ1n) is 14.5. The number of nitrogen functional groups attached to an aromatic ring is 2. The van der Waals surface area contributed by atoms with Gasteiger partial charge in [-0.15, -0.1) is 0 Å². The van der Waals surface area contributed by atoms with Crippen LogP contribution in [0.25, 0.3) is 11.2 Å². The number of aliphatic hydroxyl groups excluding tert-OH is 2. The monoisotopic (exact) mass is 670 g/mol. The topological polar surface area (TPSA) is 269 Å². The van der Waals surface area contributed by atoms with Crippen LogP contribution in [0, 0.1) is 0 Å². The van der Waals surface area contributed by atoms with Gasteiger partial charge in [0.25, 0.3) is 5.56 Å². The van der Waals surface area contributed by atoms with E-state index in [0.29, 0.717) is 13.0 Å². The summed E-state index contributed by atoms with van der Waals surface area (Å²) in [6, 6.07) is 1.40. The molecule has 1 unspecified atom stereocenters. The fourth-order valence-corrected chi connectivity index (χ4v) is 6.91. The first kappa shape index (κ1) is 34.0. The van der Waals surface area contributed by atoms with Crippen molar-refractivity contribution in [2.75, 3.05) is 59.0 Å². The Morgan fingerprint density at radius 3 is 2.70 bits per heavy atom. The van der Waals surface area contributed by atoms with Crippen molar-refractivity contribution in [1.29, 1.82) is 0 Å². The van der Waals surface area contributed by atoms with Crippen molar-refractivity contribution < 1.29 is 38.0 Å². The van der Waals surface area contributed by atoms with Crippen molar-refractivity contribution in [1.82, 2.24) is 39.1 Å². The van der Waals surface area contributed by atoms with E-state index in [9.17, 15) is 24.4 Å². The van der Waals surface area contributed by atoms with Crippen LogP contribution in [0.1, 0.15) is 25.3 Å². The molecule has 21 heteroatoms. The molecule has 46 heavy (non-hydrogen) atoms. The SMILES string of the molecule is CO[C@@H]1[C@H](O)[C@@H](COP(=O)(NCCCN(C)C)O[C@H]2C[C@H](n3cnc4c(=O)[nH]c(N)nc43)O[C@@H]2CO)O[C@H]1n1ccc(N)nc1=O. The van der Waals surface area contributed by atoms with E-state index in [1.807, 2.05) is 19.0 Å². The molecule has 0 bridgehead atoms. The van der Waals surface area contributed by atoms with Crippen LogP contribution in [0.15, 0.2) is 28.2 Å². The number of nitrogens with zero attached hydrogens (tertiary/aromatic N) is 6. The lowest BCUT2D eigenvalue weighted by Gasteiger charge is -2.26. The Morgan fingerprint density at radius 2 is 2.00 bits per heavy atom. The van der Waals surface area contributed by atoms with E-state index in [-0.39, 0.29) is 35.9 Å². The van der Waals surface area contributed by atoms with Crippen molar-refractivity contribution in [3.8, 4) is 0 Å². The molecule has 3 aromatic rings. The molecular formula is C25H39N10O10P. The summed E-state index contributed by atoms with van der Waals surface area (Å²) in [5.41, 5.74) is 10.3. The molecule has 0 saturated carbocycles. The van der Waals surface area contributed by atoms with E-state index in [4.69, 9.17) is 34.7 Å². The van der Waals surface area contributed by atoms with E-state index < -0.39 is 75.2 Å². The molecular weight excluding hydrogens is 631 g/mol. The number of aliphatic hydroxyl groups is 2. The average molecular weight is 671 g/mol. The Labute approximate surface area is 262 Å². The Bertz CT molecular complexity index is 1670. The second-order valence-electron chi connectivity index (χ2n) is 11.1. The molecule has 3 aromatic heterocycles. The maximum atomic E-state index is 14.2. The number of hydrogen-bond acceptors (Lipinski definition) is 16. The molecule has 20 nitrogen and oxygen atoms in total. The molecule has 5 heterocycles. The molecule has 0 aromatic carbocycles. The Morgan fingerprint density at radius 1 is 1.22 bits per heavy atom. The van der Waals surface area contributed by atoms with Crippen molar-refractivity contribution in [2.24, 2.45) is 0 Å². The number of anilines is 2. The number of H-pyrrole nitrogens is 1. The number of nitrogens with two attached hydrogens (primary N) is 2. The Hall–Kier alpha value is -3.30. The third-order valence-corrected chi connectivity index (χ3v) is 9.25. The van der Waals surface area contributed by atoms with Gasteiger partial charge in [-0.2, -0.15) is 9.97 Å². The first-order chi connectivity index (χ1) is 21.9. The van der Waals surface area contributed by atoms with Gasteiger partial charge in [-0.1, -0.05) is 0 Å². The van der Waals surface area contributed by atoms with Crippen molar-refractivity contribution in [3.05, 3.63) is 39.4 Å². The fraction of sp³-hybridized carbons (Fsp3) is 0.640. The molecule has 0 aliphatic carbocycles. The van der Waals surface area contributed by atoms with Crippen molar-refractivity contribution in [3.63, 3.8) is 0 Å². The van der Waals surface area contributed by atoms with Gasteiger partial charge < -0.3 is 40.8 Å². The summed E-state index contributed by atoms with van der Waals surface area (Å²) in [5.74, 6) is -0.1000. The minimum absolute atomic E-state index is 0.0154. The van der Waals surface area contributed by atoms with Gasteiger partial charge in [0.05, 0.1) is 19.5 Å². The van der Waals surface area contributed by atoms with E-state index >= 15 is 0 Å². The van der Waals surface area contributed by atoms with Crippen LogP contribution < -0.4 is 27.8 Å². The lowest BCUT2D eigenvalue weighted by Crippen LogP contribution is -2.38. The summed E-state index contributed by atoms with van der Waals surface area (Å²) in [6.45, 7) is -0.00365. The number of methoxy groups -OCH3 is 1. The Kier molecular flexibility index (Phi) is 10.5. The second-order valence-corrected chi connectivity index (χ2v) is 12.9.